The second-order valence-electron chi connectivity index (χ2n) is 26.0. The maximum Gasteiger partial charge on any atom is 0.410 e. The van der Waals surface area contributed by atoms with Gasteiger partial charge in [0.2, 0.25) is 29.5 Å². The molecular weight excluding hydrogens is 1040 g/mol. The van der Waals surface area contributed by atoms with Crippen LogP contribution >= 0.6 is 0 Å². The number of esters is 2. The first-order valence-electron chi connectivity index (χ1n) is 27.6. The topological polar surface area (TPSA) is 257 Å². The van der Waals surface area contributed by atoms with Crippen LogP contribution < -0.4 is 26.6 Å². The third-order valence-corrected chi connectivity index (χ3v) is 12.8. The summed E-state index contributed by atoms with van der Waals surface area (Å²) in [5.41, 5.74) is -2.50. The predicted molar refractivity (Wildman–Crippen MR) is 311 cm³/mol. The Balaban J connectivity index is 2.37. The van der Waals surface area contributed by atoms with Crippen LogP contribution in [-0.4, -0.2) is 131 Å². The summed E-state index contributed by atoms with van der Waals surface area (Å²) >= 11 is 0. The molecule has 0 bridgehead atoms. The Morgan fingerprint density at radius 1 is 0.605 bits per heavy atom. The number of carbonyl (C=O) groups excluding carboxylic acids is 9. The first kappa shape index (κ1) is 70.1. The summed E-state index contributed by atoms with van der Waals surface area (Å²) in [5, 5.41) is 13.7. The lowest BCUT2D eigenvalue weighted by molar-refractivity contribution is -0.160. The second-order valence-corrected chi connectivity index (χ2v) is 26.0. The number of alkyl carbamates (subject to hydrolysis) is 1. The highest BCUT2D eigenvalue weighted by molar-refractivity contribution is 5.98. The second kappa shape index (κ2) is 29.1. The van der Waals surface area contributed by atoms with E-state index in [0.29, 0.717) is 11.3 Å². The molecule has 81 heavy (non-hydrogen) atoms. The first-order chi connectivity index (χ1) is 36.9. The van der Waals surface area contributed by atoms with Gasteiger partial charge in [0.05, 0.1) is 6.04 Å². The molecule has 2 aromatic rings. The van der Waals surface area contributed by atoms with Crippen LogP contribution in [0.2, 0.25) is 0 Å². The molecule has 0 radical (unpaired) electrons. The van der Waals surface area contributed by atoms with Gasteiger partial charge >= 0.3 is 24.1 Å². The normalized spacial score (nSPS) is 14.6. The van der Waals surface area contributed by atoms with E-state index in [0.717, 1.165) is 5.56 Å². The molecule has 0 saturated carbocycles. The highest BCUT2D eigenvalue weighted by atomic mass is 16.6. The van der Waals surface area contributed by atoms with E-state index in [1.165, 1.54) is 23.8 Å². The number of benzene rings is 2. The summed E-state index contributed by atoms with van der Waals surface area (Å²) in [6.45, 7) is 34.5. The Bertz CT molecular complexity index is 2530. The number of amides is 7. The lowest BCUT2D eigenvalue weighted by Crippen LogP contribution is -2.63. The third-order valence-electron chi connectivity index (χ3n) is 12.8. The van der Waals surface area contributed by atoms with Crippen molar-refractivity contribution in [2.45, 2.75) is 216 Å². The number of hydrogen-bond acceptors (Lipinski definition) is 13. The highest BCUT2D eigenvalue weighted by Crippen LogP contribution is 2.32. The van der Waals surface area contributed by atoms with Crippen molar-refractivity contribution in [2.75, 3.05) is 19.4 Å². The van der Waals surface area contributed by atoms with E-state index in [9.17, 15) is 43.2 Å². The molecule has 20 heteroatoms. The molecule has 7 amide bonds. The summed E-state index contributed by atoms with van der Waals surface area (Å²) in [4.78, 5) is 125. The van der Waals surface area contributed by atoms with Gasteiger partial charge in [0.1, 0.15) is 53.6 Å². The standard InChI is InChI=1S/C61H95N7O13/c1-36(2)44(34-38(5)49(70)64-43(54(75)80-59(13,14)15)32-33-45(69)79-58(10,11)12)67(21)53(74)47(57(7,8)9)66-52(73)48(61(19,20)41-26-24-23-25-27-41)68(22)56(77)78-35-40-28-30-42(31-29-40)63-50(71)39(6)62-51(72)46(37(3)4)65-55(76)81-60(16,17)18/h23-31,34,36-37,39,43-44,46-48H,32-33,35H2,1-22H3,(H,62,72)(H,63,71)(H,64,70)(H,65,76)(H,66,73)/b38-34+/t39-,43+,44+,46-,47+,48+/m0/s1. The average Bonchev–Trinajstić information content (AvgIpc) is 3.32. The maximum absolute atomic E-state index is 15.0. The molecule has 0 aliphatic carbocycles. The van der Waals surface area contributed by atoms with Crippen LogP contribution in [-0.2, 0) is 64.5 Å². The van der Waals surface area contributed by atoms with Crippen LogP contribution in [0, 0.1) is 17.3 Å². The van der Waals surface area contributed by atoms with Crippen LogP contribution in [0.1, 0.15) is 162 Å². The zero-order valence-corrected chi connectivity index (χ0v) is 52.2. The van der Waals surface area contributed by atoms with Gasteiger partial charge in [0, 0.05) is 37.2 Å². The molecule has 0 aliphatic rings. The minimum absolute atomic E-state index is 0.0846. The number of nitrogens with one attached hydrogen (secondary N) is 5. The van der Waals surface area contributed by atoms with Crippen molar-refractivity contribution < 1.29 is 62.1 Å². The van der Waals surface area contributed by atoms with E-state index in [-0.39, 0.29) is 36.9 Å². The Hall–Kier alpha value is -6.99. The SMILES string of the molecule is C/C(=C\[C@H](C(C)C)N(C)C(=O)[C@@H](NC(=O)[C@@H](N(C)C(=O)OCc1ccc(NC(=O)[C@H](C)NC(=O)[C@@H](NC(=O)OC(C)(C)C)C(C)C)cc1)C(C)(C)c1ccccc1)C(C)(C)C)C(=O)N[C@H](CCC(=O)OC(C)(C)C)C(=O)OC(C)(C)C. The first-order valence-corrected chi connectivity index (χ1v) is 27.6. The van der Waals surface area contributed by atoms with Gasteiger partial charge in [-0.15, -0.1) is 0 Å². The minimum atomic E-state index is -1.24. The summed E-state index contributed by atoms with van der Waals surface area (Å²) in [6.07, 6.45) is -0.227. The van der Waals surface area contributed by atoms with Crippen molar-refractivity contribution in [3.8, 4) is 0 Å². The van der Waals surface area contributed by atoms with Crippen LogP contribution in [0.5, 0.6) is 0 Å². The van der Waals surface area contributed by atoms with Crippen LogP contribution in [0.25, 0.3) is 0 Å². The van der Waals surface area contributed by atoms with E-state index in [4.69, 9.17) is 18.9 Å². The molecule has 0 aromatic heterocycles. The molecule has 0 fully saturated rings. The zero-order valence-electron chi connectivity index (χ0n) is 52.2. The zero-order chi connectivity index (χ0) is 62.3. The smallest absolute Gasteiger partial charge is 0.410 e. The number of hydrogen-bond donors (Lipinski definition) is 5. The number of likely N-dealkylation sites (N-methyl/N-ethyl adjacent to an activating group) is 2. The number of rotatable bonds is 23. The van der Waals surface area contributed by atoms with Crippen molar-refractivity contribution in [1.82, 2.24) is 31.1 Å². The lowest BCUT2D eigenvalue weighted by atomic mass is 9.76. The van der Waals surface area contributed by atoms with Gasteiger partial charge in [0.15, 0.2) is 0 Å². The number of carbonyl (C=O) groups is 9. The fourth-order valence-electron chi connectivity index (χ4n) is 8.49. The van der Waals surface area contributed by atoms with Gasteiger partial charge < -0.3 is 50.4 Å². The van der Waals surface area contributed by atoms with Gasteiger partial charge in [0.25, 0.3) is 0 Å². The molecule has 0 heterocycles. The predicted octanol–water partition coefficient (Wildman–Crippen LogP) is 8.50. The number of anilines is 1. The monoisotopic (exact) mass is 1130 g/mol. The Labute approximate surface area is 481 Å². The third kappa shape index (κ3) is 23.2. The molecule has 452 valence electrons. The van der Waals surface area contributed by atoms with E-state index in [1.54, 1.807) is 141 Å². The Morgan fingerprint density at radius 3 is 1.64 bits per heavy atom. The van der Waals surface area contributed by atoms with Crippen LogP contribution in [0.3, 0.4) is 0 Å². The molecule has 5 N–H and O–H groups in total. The molecule has 0 spiro atoms. The molecule has 0 aliphatic heterocycles. The van der Waals surface area contributed by atoms with E-state index in [1.807, 2.05) is 58.0 Å². The number of nitrogens with zero attached hydrogens (tertiary/aromatic N) is 2. The number of ether oxygens (including phenoxy) is 4. The minimum Gasteiger partial charge on any atom is -0.460 e. The lowest BCUT2D eigenvalue weighted by Gasteiger charge is -2.42. The molecule has 2 aromatic carbocycles. The van der Waals surface area contributed by atoms with Gasteiger partial charge in [-0.05, 0) is 123 Å². The van der Waals surface area contributed by atoms with Crippen molar-refractivity contribution in [1.29, 1.82) is 0 Å². The van der Waals surface area contributed by atoms with Crippen molar-refractivity contribution >= 4 is 59.3 Å². The fourth-order valence-corrected chi connectivity index (χ4v) is 8.49. The molecule has 2 rings (SSSR count). The Kier molecular flexibility index (Phi) is 25.2. The van der Waals surface area contributed by atoms with Crippen molar-refractivity contribution in [3.05, 3.63) is 77.4 Å². The van der Waals surface area contributed by atoms with Gasteiger partial charge in [-0.3, -0.25) is 33.7 Å². The van der Waals surface area contributed by atoms with E-state index < -0.39 is 118 Å². The summed E-state index contributed by atoms with van der Waals surface area (Å²) in [5.74, 6) is -4.66. The van der Waals surface area contributed by atoms with Crippen molar-refractivity contribution in [3.63, 3.8) is 0 Å². The Morgan fingerprint density at radius 2 is 1.15 bits per heavy atom. The highest BCUT2D eigenvalue weighted by Gasteiger charge is 2.46. The molecule has 0 unspecified atom stereocenters. The fraction of sp³-hybridized carbons (Fsp3) is 0.623. The summed E-state index contributed by atoms with van der Waals surface area (Å²) < 4.78 is 22.1. The summed E-state index contributed by atoms with van der Waals surface area (Å²) in [6, 6.07) is 9.43. The largest absolute Gasteiger partial charge is 0.460 e. The summed E-state index contributed by atoms with van der Waals surface area (Å²) in [7, 11) is 3.03. The van der Waals surface area contributed by atoms with Crippen LogP contribution in [0.15, 0.2) is 66.2 Å². The maximum atomic E-state index is 15.0. The van der Waals surface area contributed by atoms with Crippen molar-refractivity contribution in [2.24, 2.45) is 17.3 Å². The molecule has 20 nitrogen and oxygen atoms in total. The van der Waals surface area contributed by atoms with Gasteiger partial charge in [-0.25, -0.2) is 14.4 Å². The van der Waals surface area contributed by atoms with E-state index >= 15 is 0 Å². The average molecular weight is 1130 g/mol. The molecule has 0 saturated heterocycles. The van der Waals surface area contributed by atoms with Crippen LogP contribution in [0.4, 0.5) is 15.3 Å². The van der Waals surface area contributed by atoms with Gasteiger partial charge in [-0.2, -0.15) is 0 Å². The molecular formula is C61H95N7O13. The quantitative estimate of drug-likeness (QED) is 0.0398. The van der Waals surface area contributed by atoms with E-state index in [2.05, 4.69) is 26.6 Å². The molecule has 6 atom stereocenters. The van der Waals surface area contributed by atoms with Gasteiger partial charge in [-0.1, -0.05) is 111 Å².